The highest BCUT2D eigenvalue weighted by molar-refractivity contribution is 14.1. The van der Waals surface area contributed by atoms with Crippen LogP contribution in [0, 0.1) is 3.70 Å². The van der Waals surface area contributed by atoms with Crippen molar-refractivity contribution in [1.82, 2.24) is 14.4 Å². The second-order valence-electron chi connectivity index (χ2n) is 2.62. The van der Waals surface area contributed by atoms with E-state index in [0.29, 0.717) is 10.9 Å². The van der Waals surface area contributed by atoms with Crippen molar-refractivity contribution < 1.29 is 0 Å². The molecule has 2 aromatic rings. The Morgan fingerprint density at radius 2 is 2.29 bits per heavy atom. The van der Waals surface area contributed by atoms with Crippen LogP contribution >= 0.6 is 56.8 Å². The van der Waals surface area contributed by atoms with Crippen molar-refractivity contribution in [3.63, 3.8) is 0 Å². The van der Waals surface area contributed by atoms with E-state index in [9.17, 15) is 0 Å². The molecule has 2 heterocycles. The van der Waals surface area contributed by atoms with Gasteiger partial charge in [-0.2, -0.15) is 0 Å². The van der Waals surface area contributed by atoms with Gasteiger partial charge < -0.3 is 4.40 Å². The van der Waals surface area contributed by atoms with Crippen LogP contribution in [0.15, 0.2) is 6.20 Å². The van der Waals surface area contributed by atoms with Gasteiger partial charge in [-0.3, -0.25) is 0 Å². The Labute approximate surface area is 114 Å². The molecule has 2 radical (unpaired) electrons. The molecule has 70 valence electrons. The number of fused-ring (bicyclic) bond motifs is 1. The van der Waals surface area contributed by atoms with Crippen LogP contribution < -0.4 is 5.72 Å². The molecule has 0 amide bonds. The minimum atomic E-state index is 0.437. The fraction of sp³-hybridized carbons (Fsp3) is 0.143. The van der Waals surface area contributed by atoms with Crippen molar-refractivity contribution in [2.45, 2.75) is 4.43 Å². The lowest BCUT2D eigenvalue weighted by molar-refractivity contribution is 1.07. The van der Waals surface area contributed by atoms with Crippen molar-refractivity contribution >= 4 is 75.9 Å². The highest BCUT2D eigenvalue weighted by atomic mass is 127. The molecule has 14 heavy (non-hydrogen) atoms. The number of aromatic nitrogens is 3. The van der Waals surface area contributed by atoms with Crippen LogP contribution in [-0.4, -0.2) is 22.2 Å². The number of imidazole rings is 1. The Bertz CT molecular complexity index is 499. The second-order valence-corrected chi connectivity index (χ2v) is 4.76. The van der Waals surface area contributed by atoms with E-state index in [-0.39, 0.29) is 0 Å². The first-order valence-corrected chi connectivity index (χ1v) is 6.66. The Morgan fingerprint density at radius 1 is 1.57 bits per heavy atom. The maximum atomic E-state index is 5.97. The number of halogens is 3. The summed E-state index contributed by atoms with van der Waals surface area (Å²) in [5.41, 5.74) is 2.25. The smallest absolute Gasteiger partial charge is 0.168 e. The van der Waals surface area contributed by atoms with E-state index >= 15 is 0 Å². The normalized spacial score (nSPS) is 11.1. The van der Waals surface area contributed by atoms with E-state index in [1.165, 1.54) is 0 Å². The predicted molar refractivity (Wildman–Crippen MR) is 73.8 cm³/mol. The first-order valence-electron chi connectivity index (χ1n) is 3.68. The summed E-state index contributed by atoms with van der Waals surface area (Å²) in [6.07, 6.45) is 1.72. The molecule has 2 rings (SSSR count). The van der Waals surface area contributed by atoms with Crippen LogP contribution in [0.25, 0.3) is 5.52 Å². The molecule has 0 aliphatic carbocycles. The van der Waals surface area contributed by atoms with E-state index < -0.39 is 0 Å². The van der Waals surface area contributed by atoms with Gasteiger partial charge >= 0.3 is 0 Å². The molecule has 0 aliphatic rings. The van der Waals surface area contributed by atoms with E-state index in [4.69, 9.17) is 19.4 Å². The molecule has 0 saturated heterocycles. The number of nitrogens with zero attached hydrogens (tertiary/aromatic N) is 3. The summed E-state index contributed by atoms with van der Waals surface area (Å²) in [5.74, 6) is 0. The van der Waals surface area contributed by atoms with Crippen LogP contribution in [-0.2, 0) is 4.43 Å². The van der Waals surface area contributed by atoms with E-state index in [1.54, 1.807) is 6.20 Å². The maximum Gasteiger partial charge on any atom is 0.168 e. The van der Waals surface area contributed by atoms with Crippen LogP contribution in [0.4, 0.5) is 0 Å². The lowest BCUT2D eigenvalue weighted by atomic mass is 10.1. The zero-order chi connectivity index (χ0) is 10.3. The molecule has 0 N–H and O–H groups in total. The van der Waals surface area contributed by atoms with Gasteiger partial charge in [-0.15, -0.1) is 0 Å². The lowest BCUT2D eigenvalue weighted by Crippen LogP contribution is -2.16. The quantitative estimate of drug-likeness (QED) is 0.393. The van der Waals surface area contributed by atoms with Crippen molar-refractivity contribution in [2.75, 3.05) is 0 Å². The molecule has 0 saturated carbocycles. The highest BCUT2D eigenvalue weighted by Crippen LogP contribution is 2.20. The van der Waals surface area contributed by atoms with Gasteiger partial charge in [-0.1, -0.05) is 34.2 Å². The molecule has 0 aromatic carbocycles. The Morgan fingerprint density at radius 3 is 2.93 bits per heavy atom. The molecule has 3 nitrogen and oxygen atoms in total. The standard InChI is InChI=1S/C7H3BClI2N3/c8-7-13-6(11)4-5(9)12-2-3(1-10)14(4)7/h2H,1H2. The van der Waals surface area contributed by atoms with Crippen LogP contribution in [0.5, 0.6) is 0 Å². The molecule has 0 atom stereocenters. The van der Waals surface area contributed by atoms with Crippen molar-refractivity contribution in [2.24, 2.45) is 0 Å². The molecule has 2 aromatic heterocycles. The maximum absolute atomic E-state index is 5.97. The predicted octanol–water partition coefficient (Wildman–Crippen LogP) is 1.72. The monoisotopic (exact) mass is 429 g/mol. The summed E-state index contributed by atoms with van der Waals surface area (Å²) in [7, 11) is 5.78. The molecule has 0 spiro atoms. The molecule has 0 bridgehead atoms. The Kier molecular flexibility index (Phi) is 3.22. The minimum Gasteiger partial charge on any atom is -0.304 e. The highest BCUT2D eigenvalue weighted by Gasteiger charge is 2.12. The summed E-state index contributed by atoms with van der Waals surface area (Å²) in [4.78, 5) is 8.25. The van der Waals surface area contributed by atoms with Gasteiger partial charge in [0.15, 0.2) is 13.0 Å². The van der Waals surface area contributed by atoms with Gasteiger partial charge in [-0.05, 0) is 22.6 Å². The lowest BCUT2D eigenvalue weighted by Gasteiger charge is -2.04. The molecular weight excluding hydrogens is 426 g/mol. The minimum absolute atomic E-state index is 0.437. The summed E-state index contributed by atoms with van der Waals surface area (Å²) < 4.78 is 3.43. The average molecular weight is 429 g/mol. The van der Waals surface area contributed by atoms with Gasteiger partial charge in [0, 0.05) is 10.6 Å². The Hall–Kier alpha value is 0.435. The molecular formula is C7H3BClI2N3. The molecule has 7 heteroatoms. The summed E-state index contributed by atoms with van der Waals surface area (Å²) in [6, 6.07) is 0. The van der Waals surface area contributed by atoms with Crippen molar-refractivity contribution in [1.29, 1.82) is 0 Å². The largest absolute Gasteiger partial charge is 0.304 e. The van der Waals surface area contributed by atoms with Gasteiger partial charge in [0.25, 0.3) is 0 Å². The van der Waals surface area contributed by atoms with Gasteiger partial charge in [0.2, 0.25) is 0 Å². The average Bonchev–Trinajstić information content (AvgIpc) is 2.44. The zero-order valence-electron chi connectivity index (χ0n) is 6.84. The summed E-state index contributed by atoms with van der Waals surface area (Å²) in [6.45, 7) is 0. The van der Waals surface area contributed by atoms with Crippen molar-refractivity contribution in [3.05, 3.63) is 20.7 Å². The topological polar surface area (TPSA) is 30.2 Å². The number of hydrogen-bond acceptors (Lipinski definition) is 2. The van der Waals surface area contributed by atoms with Crippen LogP contribution in [0.3, 0.4) is 0 Å². The third kappa shape index (κ3) is 1.65. The third-order valence-electron chi connectivity index (χ3n) is 1.81. The number of rotatable bonds is 1. The SMILES string of the molecule is [B]c1nc(I)c2c(Cl)ncc(CI)n12. The van der Waals surface area contributed by atoms with Crippen LogP contribution in [0.1, 0.15) is 5.69 Å². The molecule has 0 unspecified atom stereocenters. The van der Waals surface area contributed by atoms with E-state index in [0.717, 1.165) is 19.3 Å². The fourth-order valence-corrected chi connectivity index (χ4v) is 2.89. The summed E-state index contributed by atoms with van der Waals surface area (Å²) >= 11 is 10.3. The van der Waals surface area contributed by atoms with Gasteiger partial charge in [0.1, 0.15) is 9.22 Å². The number of alkyl halides is 1. The number of hydrogen-bond donors (Lipinski definition) is 0. The second kappa shape index (κ2) is 4.13. The zero-order valence-corrected chi connectivity index (χ0v) is 11.9. The Balaban J connectivity index is 2.94. The van der Waals surface area contributed by atoms with Gasteiger partial charge in [-0.25, -0.2) is 9.97 Å². The summed E-state index contributed by atoms with van der Waals surface area (Å²) in [5, 5.41) is 0.437. The fourth-order valence-electron chi connectivity index (χ4n) is 1.22. The molecule has 0 aliphatic heterocycles. The van der Waals surface area contributed by atoms with Gasteiger partial charge in [0.05, 0.1) is 11.4 Å². The first kappa shape index (κ1) is 10.9. The first-order chi connectivity index (χ1) is 6.65. The van der Waals surface area contributed by atoms with Crippen LogP contribution in [0.2, 0.25) is 5.15 Å². The van der Waals surface area contributed by atoms with E-state index in [1.807, 2.05) is 4.40 Å². The van der Waals surface area contributed by atoms with E-state index in [2.05, 4.69) is 55.1 Å². The van der Waals surface area contributed by atoms with Crippen molar-refractivity contribution in [3.8, 4) is 0 Å². The third-order valence-corrected chi connectivity index (χ3v) is 3.62. The molecule has 0 fully saturated rings.